The number of aryl methyl sites for hydroxylation is 1. The predicted molar refractivity (Wildman–Crippen MR) is 95.8 cm³/mol. The molecule has 0 aliphatic heterocycles. The van der Waals surface area contributed by atoms with E-state index in [9.17, 15) is 9.59 Å². The van der Waals surface area contributed by atoms with E-state index in [0.717, 1.165) is 22.4 Å². The van der Waals surface area contributed by atoms with E-state index < -0.39 is 0 Å². The lowest BCUT2D eigenvalue weighted by Gasteiger charge is -2.11. The normalized spacial score (nSPS) is 10.1. The van der Waals surface area contributed by atoms with Crippen molar-refractivity contribution in [2.45, 2.75) is 26.8 Å². The Labute approximate surface area is 142 Å². The van der Waals surface area contributed by atoms with Gasteiger partial charge in [0.25, 0.3) is 0 Å². The largest absolute Gasteiger partial charge is 0.338 e. The molecule has 0 saturated carbocycles. The summed E-state index contributed by atoms with van der Waals surface area (Å²) in [5.41, 5.74) is 4.03. The summed E-state index contributed by atoms with van der Waals surface area (Å²) in [4.78, 5) is 23.7. The molecule has 5 nitrogen and oxygen atoms in total. The van der Waals surface area contributed by atoms with Crippen molar-refractivity contribution in [1.29, 1.82) is 0 Å². The molecule has 0 spiro atoms. The molecule has 0 saturated heterocycles. The van der Waals surface area contributed by atoms with Crippen molar-refractivity contribution in [3.8, 4) is 0 Å². The highest BCUT2D eigenvalue weighted by molar-refractivity contribution is 5.92. The van der Waals surface area contributed by atoms with Crippen LogP contribution in [-0.4, -0.2) is 18.5 Å². The number of hydrogen-bond donors (Lipinski definition) is 3. The zero-order valence-electron chi connectivity index (χ0n) is 14.1. The van der Waals surface area contributed by atoms with Gasteiger partial charge in [0.2, 0.25) is 5.91 Å². The number of amides is 3. The van der Waals surface area contributed by atoms with E-state index in [1.807, 2.05) is 62.4 Å². The smallest absolute Gasteiger partial charge is 0.315 e. The van der Waals surface area contributed by atoms with Gasteiger partial charge in [-0.15, -0.1) is 0 Å². The van der Waals surface area contributed by atoms with Gasteiger partial charge in [-0.3, -0.25) is 4.79 Å². The molecule has 0 fully saturated rings. The molecule has 0 atom stereocenters. The zero-order chi connectivity index (χ0) is 17.4. The minimum Gasteiger partial charge on any atom is -0.338 e. The molecule has 5 heteroatoms. The number of rotatable bonds is 6. The maximum atomic E-state index is 12.0. The minimum absolute atomic E-state index is 0.118. The Bertz CT molecular complexity index is 699. The third-order valence-corrected chi connectivity index (χ3v) is 3.81. The first-order valence-electron chi connectivity index (χ1n) is 7.98. The van der Waals surface area contributed by atoms with Crippen LogP contribution >= 0.6 is 0 Å². The van der Waals surface area contributed by atoms with E-state index in [1.54, 1.807) is 0 Å². The fraction of sp³-hybridized carbons (Fsp3) is 0.263. The molecule has 126 valence electrons. The van der Waals surface area contributed by atoms with E-state index >= 15 is 0 Å². The third kappa shape index (κ3) is 5.43. The maximum absolute atomic E-state index is 12.0. The van der Waals surface area contributed by atoms with Crippen LogP contribution in [0.3, 0.4) is 0 Å². The quantitative estimate of drug-likeness (QED) is 0.763. The summed E-state index contributed by atoms with van der Waals surface area (Å²) in [5.74, 6) is -0.118. The van der Waals surface area contributed by atoms with Crippen LogP contribution in [0.25, 0.3) is 0 Å². The molecule has 0 aliphatic carbocycles. The highest BCUT2D eigenvalue weighted by atomic mass is 16.2. The van der Waals surface area contributed by atoms with Crippen molar-refractivity contribution in [2.24, 2.45) is 0 Å². The second-order valence-corrected chi connectivity index (χ2v) is 5.64. The lowest BCUT2D eigenvalue weighted by atomic mass is 10.1. The molecule has 0 unspecified atom stereocenters. The molecule has 0 heterocycles. The van der Waals surface area contributed by atoms with Gasteiger partial charge in [-0.25, -0.2) is 4.79 Å². The highest BCUT2D eigenvalue weighted by Crippen LogP contribution is 2.17. The summed E-state index contributed by atoms with van der Waals surface area (Å²) >= 11 is 0. The topological polar surface area (TPSA) is 70.2 Å². The van der Waals surface area contributed by atoms with Crippen LogP contribution in [0, 0.1) is 13.8 Å². The Morgan fingerprint density at radius 3 is 2.42 bits per heavy atom. The SMILES string of the molecule is Cc1cccc(NC(=O)CCNC(=O)NCc2ccccc2)c1C. The van der Waals surface area contributed by atoms with Gasteiger partial charge < -0.3 is 16.0 Å². The van der Waals surface area contributed by atoms with Gasteiger partial charge in [-0.05, 0) is 36.6 Å². The second-order valence-electron chi connectivity index (χ2n) is 5.64. The van der Waals surface area contributed by atoms with Crippen molar-refractivity contribution < 1.29 is 9.59 Å². The Hall–Kier alpha value is -2.82. The average Bonchev–Trinajstić information content (AvgIpc) is 2.58. The molecule has 0 radical (unpaired) electrons. The Morgan fingerprint density at radius 1 is 0.917 bits per heavy atom. The molecule has 3 N–H and O–H groups in total. The summed E-state index contributed by atoms with van der Waals surface area (Å²) in [6.45, 7) is 4.72. The molecule has 2 aromatic carbocycles. The number of hydrogen-bond acceptors (Lipinski definition) is 2. The van der Waals surface area contributed by atoms with Gasteiger partial charge >= 0.3 is 6.03 Å². The molecule has 0 aliphatic rings. The monoisotopic (exact) mass is 325 g/mol. The first kappa shape index (κ1) is 17.5. The molecule has 0 bridgehead atoms. The fourth-order valence-electron chi connectivity index (χ4n) is 2.23. The first-order chi connectivity index (χ1) is 11.6. The van der Waals surface area contributed by atoms with E-state index in [1.165, 1.54) is 0 Å². The number of carbonyl (C=O) groups excluding carboxylic acids is 2. The Kier molecular flexibility index (Phi) is 6.37. The number of benzene rings is 2. The van der Waals surface area contributed by atoms with E-state index in [2.05, 4.69) is 16.0 Å². The summed E-state index contributed by atoms with van der Waals surface area (Å²) in [6, 6.07) is 15.2. The summed E-state index contributed by atoms with van der Waals surface area (Å²) < 4.78 is 0. The van der Waals surface area contributed by atoms with Crippen LogP contribution in [0.2, 0.25) is 0 Å². The van der Waals surface area contributed by atoms with Crippen LogP contribution in [0.4, 0.5) is 10.5 Å². The lowest BCUT2D eigenvalue weighted by molar-refractivity contribution is -0.116. The van der Waals surface area contributed by atoms with Gasteiger partial charge in [0, 0.05) is 25.2 Å². The molecular weight excluding hydrogens is 302 g/mol. The summed E-state index contributed by atoms with van der Waals surface area (Å²) in [7, 11) is 0. The number of nitrogens with one attached hydrogen (secondary N) is 3. The molecular formula is C19H23N3O2. The van der Waals surface area contributed by atoms with Crippen molar-refractivity contribution in [3.63, 3.8) is 0 Å². The van der Waals surface area contributed by atoms with Gasteiger partial charge in [-0.1, -0.05) is 42.5 Å². The number of anilines is 1. The number of carbonyl (C=O) groups is 2. The molecule has 0 aromatic heterocycles. The maximum Gasteiger partial charge on any atom is 0.315 e. The third-order valence-electron chi connectivity index (χ3n) is 3.81. The first-order valence-corrected chi connectivity index (χ1v) is 7.98. The van der Waals surface area contributed by atoms with Crippen LogP contribution < -0.4 is 16.0 Å². The lowest BCUT2D eigenvalue weighted by Crippen LogP contribution is -2.36. The van der Waals surface area contributed by atoms with Gasteiger partial charge in [0.15, 0.2) is 0 Å². The van der Waals surface area contributed by atoms with Crippen LogP contribution in [0.1, 0.15) is 23.1 Å². The predicted octanol–water partition coefficient (Wildman–Crippen LogP) is 3.13. The Balaban J connectivity index is 1.68. The van der Waals surface area contributed by atoms with Gasteiger partial charge in [-0.2, -0.15) is 0 Å². The molecule has 2 aromatic rings. The van der Waals surface area contributed by atoms with E-state index in [0.29, 0.717) is 6.54 Å². The van der Waals surface area contributed by atoms with Crippen LogP contribution in [-0.2, 0) is 11.3 Å². The van der Waals surface area contributed by atoms with E-state index in [-0.39, 0.29) is 24.9 Å². The van der Waals surface area contributed by atoms with Crippen LogP contribution in [0.5, 0.6) is 0 Å². The van der Waals surface area contributed by atoms with Crippen molar-refractivity contribution in [3.05, 3.63) is 65.2 Å². The zero-order valence-corrected chi connectivity index (χ0v) is 14.1. The van der Waals surface area contributed by atoms with Crippen molar-refractivity contribution in [1.82, 2.24) is 10.6 Å². The molecule has 2 rings (SSSR count). The highest BCUT2D eigenvalue weighted by Gasteiger charge is 2.07. The Morgan fingerprint density at radius 2 is 1.67 bits per heavy atom. The minimum atomic E-state index is -0.279. The summed E-state index contributed by atoms with van der Waals surface area (Å²) in [5, 5.41) is 8.31. The van der Waals surface area contributed by atoms with Crippen LogP contribution in [0.15, 0.2) is 48.5 Å². The second kappa shape index (κ2) is 8.72. The van der Waals surface area contributed by atoms with Gasteiger partial charge in [0.05, 0.1) is 0 Å². The standard InChI is InChI=1S/C19H23N3O2/c1-14-7-6-10-17(15(14)2)22-18(23)11-12-20-19(24)21-13-16-8-4-3-5-9-16/h3-10H,11-13H2,1-2H3,(H,22,23)(H2,20,21,24). The van der Waals surface area contributed by atoms with Crippen molar-refractivity contribution >= 4 is 17.6 Å². The van der Waals surface area contributed by atoms with E-state index in [4.69, 9.17) is 0 Å². The molecule has 24 heavy (non-hydrogen) atoms. The molecule has 3 amide bonds. The van der Waals surface area contributed by atoms with Gasteiger partial charge in [0.1, 0.15) is 0 Å². The average molecular weight is 325 g/mol. The fourth-order valence-corrected chi connectivity index (χ4v) is 2.23. The van der Waals surface area contributed by atoms with Crippen molar-refractivity contribution in [2.75, 3.05) is 11.9 Å². The number of urea groups is 1. The summed E-state index contributed by atoms with van der Waals surface area (Å²) in [6.07, 6.45) is 0.228.